The third-order valence-electron chi connectivity index (χ3n) is 3.08. The minimum absolute atomic E-state index is 0.209. The van der Waals surface area contributed by atoms with Crippen LogP contribution in [0.2, 0.25) is 0 Å². The lowest BCUT2D eigenvalue weighted by Crippen LogP contribution is -2.41. The number of amides is 1. The summed E-state index contributed by atoms with van der Waals surface area (Å²) in [6, 6.07) is 4.32. The van der Waals surface area contributed by atoms with Crippen LogP contribution in [-0.4, -0.2) is 36.5 Å². The van der Waals surface area contributed by atoms with Crippen LogP contribution in [-0.2, 0) is 26.9 Å². The summed E-state index contributed by atoms with van der Waals surface area (Å²) in [6.07, 6.45) is -4.66. The van der Waals surface area contributed by atoms with Gasteiger partial charge in [-0.3, -0.25) is 9.59 Å². The highest BCUT2D eigenvalue weighted by atomic mass is 19.4. The van der Waals surface area contributed by atoms with Crippen LogP contribution < -0.4 is 0 Å². The minimum Gasteiger partial charge on any atom is -0.468 e. The van der Waals surface area contributed by atoms with E-state index < -0.39 is 23.6 Å². The molecule has 1 rings (SSSR count). The Morgan fingerprint density at radius 2 is 1.91 bits per heavy atom. The lowest BCUT2D eigenvalue weighted by molar-refractivity contribution is -0.148. The van der Waals surface area contributed by atoms with Crippen molar-refractivity contribution < 1.29 is 27.5 Å². The molecule has 0 spiro atoms. The number of nitrogens with zero attached hydrogens (tertiary/aromatic N) is 1. The average molecular weight is 317 g/mol. The number of methoxy groups -OCH3 is 1. The second kappa shape index (κ2) is 7.29. The maximum atomic E-state index is 12.7. The molecule has 122 valence electrons. The van der Waals surface area contributed by atoms with Gasteiger partial charge in [0, 0.05) is 6.04 Å². The van der Waals surface area contributed by atoms with Gasteiger partial charge in [-0.05, 0) is 25.5 Å². The molecule has 22 heavy (non-hydrogen) atoms. The van der Waals surface area contributed by atoms with Crippen molar-refractivity contribution in [2.45, 2.75) is 32.5 Å². The second-order valence-corrected chi connectivity index (χ2v) is 5.07. The van der Waals surface area contributed by atoms with Crippen molar-refractivity contribution >= 4 is 11.9 Å². The van der Waals surface area contributed by atoms with Crippen LogP contribution >= 0.6 is 0 Å². The SMILES string of the molecule is COC(=O)CN(C(=O)Cc1cccc(C(F)(F)F)c1)C(C)C. The molecule has 0 heterocycles. The van der Waals surface area contributed by atoms with E-state index in [2.05, 4.69) is 4.74 Å². The Morgan fingerprint density at radius 1 is 1.27 bits per heavy atom. The summed E-state index contributed by atoms with van der Waals surface area (Å²) in [7, 11) is 1.21. The van der Waals surface area contributed by atoms with Crippen molar-refractivity contribution in [1.82, 2.24) is 4.90 Å². The molecule has 4 nitrogen and oxygen atoms in total. The number of esters is 1. The normalized spacial score (nSPS) is 11.4. The van der Waals surface area contributed by atoms with Gasteiger partial charge in [-0.2, -0.15) is 13.2 Å². The largest absolute Gasteiger partial charge is 0.468 e. The zero-order chi connectivity index (χ0) is 16.9. The average Bonchev–Trinajstić information content (AvgIpc) is 2.43. The molecule has 7 heteroatoms. The number of hydrogen-bond acceptors (Lipinski definition) is 3. The topological polar surface area (TPSA) is 46.6 Å². The summed E-state index contributed by atoms with van der Waals surface area (Å²) in [4.78, 5) is 24.8. The summed E-state index contributed by atoms with van der Waals surface area (Å²) in [5.74, 6) is -1.01. The molecule has 0 aliphatic heterocycles. The van der Waals surface area contributed by atoms with Crippen LogP contribution in [0.1, 0.15) is 25.0 Å². The van der Waals surface area contributed by atoms with E-state index in [4.69, 9.17) is 0 Å². The quantitative estimate of drug-likeness (QED) is 0.784. The van der Waals surface area contributed by atoms with E-state index in [0.29, 0.717) is 0 Å². The molecule has 0 unspecified atom stereocenters. The summed E-state index contributed by atoms with van der Waals surface area (Å²) >= 11 is 0. The van der Waals surface area contributed by atoms with Gasteiger partial charge in [-0.1, -0.05) is 18.2 Å². The summed E-state index contributed by atoms with van der Waals surface area (Å²) in [5, 5.41) is 0. The van der Waals surface area contributed by atoms with E-state index >= 15 is 0 Å². The van der Waals surface area contributed by atoms with Crippen molar-refractivity contribution in [3.8, 4) is 0 Å². The molecule has 0 bridgehead atoms. The standard InChI is InChI=1S/C15H18F3NO3/c1-10(2)19(9-14(21)22-3)13(20)8-11-5-4-6-12(7-11)15(16,17)18/h4-7,10H,8-9H2,1-3H3. The molecule has 0 radical (unpaired) electrons. The molecule has 0 saturated carbocycles. The first-order chi connectivity index (χ1) is 10.1. The van der Waals surface area contributed by atoms with Gasteiger partial charge >= 0.3 is 12.1 Å². The molecular weight excluding hydrogens is 299 g/mol. The van der Waals surface area contributed by atoms with E-state index in [-0.39, 0.29) is 24.6 Å². The van der Waals surface area contributed by atoms with Crippen LogP contribution in [0, 0.1) is 0 Å². The molecule has 0 N–H and O–H groups in total. The van der Waals surface area contributed by atoms with Gasteiger partial charge in [0.1, 0.15) is 6.54 Å². The number of rotatable bonds is 5. The van der Waals surface area contributed by atoms with Crippen LogP contribution in [0.25, 0.3) is 0 Å². The zero-order valence-corrected chi connectivity index (χ0v) is 12.6. The number of carbonyl (C=O) groups excluding carboxylic acids is 2. The van der Waals surface area contributed by atoms with Gasteiger partial charge in [-0.15, -0.1) is 0 Å². The van der Waals surface area contributed by atoms with Gasteiger partial charge < -0.3 is 9.64 Å². The fraction of sp³-hybridized carbons (Fsp3) is 0.467. The summed E-state index contributed by atoms with van der Waals surface area (Å²) in [6.45, 7) is 3.20. The molecule has 1 amide bonds. The monoisotopic (exact) mass is 317 g/mol. The summed E-state index contributed by atoms with van der Waals surface area (Å²) < 4.78 is 42.5. The van der Waals surface area contributed by atoms with Gasteiger partial charge in [0.25, 0.3) is 0 Å². The molecule has 1 aromatic rings. The van der Waals surface area contributed by atoms with Crippen molar-refractivity contribution in [2.24, 2.45) is 0 Å². The predicted octanol–water partition coefficient (Wildman–Crippen LogP) is 2.66. The molecule has 0 fully saturated rings. The van der Waals surface area contributed by atoms with Gasteiger partial charge in [0.2, 0.25) is 5.91 Å². The van der Waals surface area contributed by atoms with Gasteiger partial charge in [0.15, 0.2) is 0 Å². The lowest BCUT2D eigenvalue weighted by Gasteiger charge is -2.25. The molecule has 1 aromatic carbocycles. The van der Waals surface area contributed by atoms with Crippen LogP contribution in [0.4, 0.5) is 13.2 Å². The Kier molecular flexibility index (Phi) is 5.96. The fourth-order valence-corrected chi connectivity index (χ4v) is 1.90. The first-order valence-electron chi connectivity index (χ1n) is 6.67. The van der Waals surface area contributed by atoms with E-state index in [1.54, 1.807) is 13.8 Å². The highest BCUT2D eigenvalue weighted by Crippen LogP contribution is 2.29. The molecular formula is C15H18F3NO3. The Bertz CT molecular complexity index is 541. The van der Waals surface area contributed by atoms with Crippen molar-refractivity contribution in [3.05, 3.63) is 35.4 Å². The number of alkyl halides is 3. The Morgan fingerprint density at radius 3 is 2.41 bits per heavy atom. The lowest BCUT2D eigenvalue weighted by atomic mass is 10.1. The second-order valence-electron chi connectivity index (χ2n) is 5.07. The van der Waals surface area contributed by atoms with Crippen LogP contribution in [0.3, 0.4) is 0 Å². The van der Waals surface area contributed by atoms with Crippen molar-refractivity contribution in [2.75, 3.05) is 13.7 Å². The Balaban J connectivity index is 2.88. The predicted molar refractivity (Wildman–Crippen MR) is 74.0 cm³/mol. The third-order valence-corrected chi connectivity index (χ3v) is 3.08. The molecule has 0 saturated heterocycles. The maximum Gasteiger partial charge on any atom is 0.416 e. The van der Waals surface area contributed by atoms with E-state index in [1.165, 1.54) is 24.1 Å². The van der Waals surface area contributed by atoms with Crippen LogP contribution in [0.5, 0.6) is 0 Å². The third kappa shape index (κ3) is 5.05. The Labute approximate surface area is 126 Å². The number of ether oxygens (including phenoxy) is 1. The number of halogens is 3. The number of benzene rings is 1. The summed E-state index contributed by atoms with van der Waals surface area (Å²) in [5.41, 5.74) is -0.558. The molecule has 0 aliphatic rings. The van der Waals surface area contributed by atoms with Gasteiger partial charge in [-0.25, -0.2) is 0 Å². The van der Waals surface area contributed by atoms with Crippen molar-refractivity contribution in [3.63, 3.8) is 0 Å². The van der Waals surface area contributed by atoms with Gasteiger partial charge in [0.05, 0.1) is 19.1 Å². The smallest absolute Gasteiger partial charge is 0.416 e. The number of hydrogen-bond donors (Lipinski definition) is 0. The highest BCUT2D eigenvalue weighted by Gasteiger charge is 2.30. The first-order valence-corrected chi connectivity index (χ1v) is 6.67. The molecule has 0 aliphatic carbocycles. The van der Waals surface area contributed by atoms with Crippen molar-refractivity contribution in [1.29, 1.82) is 0 Å². The fourth-order valence-electron chi connectivity index (χ4n) is 1.90. The molecule has 0 aromatic heterocycles. The van der Waals surface area contributed by atoms with E-state index in [9.17, 15) is 22.8 Å². The van der Waals surface area contributed by atoms with Crippen LogP contribution in [0.15, 0.2) is 24.3 Å². The van der Waals surface area contributed by atoms with E-state index in [0.717, 1.165) is 12.1 Å². The zero-order valence-electron chi connectivity index (χ0n) is 12.6. The molecule has 0 atom stereocenters. The highest BCUT2D eigenvalue weighted by molar-refractivity contribution is 5.83. The Hall–Kier alpha value is -2.05. The first kappa shape index (κ1) is 18.0. The maximum absolute atomic E-state index is 12.7. The minimum atomic E-state index is -4.46. The number of carbonyl (C=O) groups is 2. The van der Waals surface area contributed by atoms with E-state index in [1.807, 2.05) is 0 Å².